The molecule has 2 saturated heterocycles. The SMILES string of the molecule is COc1cccc(NC(=O)N2CCN(C(=O)c3ccccc3)[C@H](C(=O)N[C@@H]3CCCNC3=O)C2)c1. The van der Waals surface area contributed by atoms with Gasteiger partial charge in [-0.25, -0.2) is 4.79 Å². The highest BCUT2D eigenvalue weighted by molar-refractivity contribution is 5.99. The topological polar surface area (TPSA) is 120 Å². The van der Waals surface area contributed by atoms with Gasteiger partial charge in [0.15, 0.2) is 0 Å². The molecule has 5 amide bonds. The number of amides is 5. The summed E-state index contributed by atoms with van der Waals surface area (Å²) in [4.78, 5) is 54.7. The van der Waals surface area contributed by atoms with E-state index in [-0.39, 0.29) is 31.4 Å². The summed E-state index contributed by atoms with van der Waals surface area (Å²) < 4.78 is 5.20. The number of carbonyl (C=O) groups excluding carboxylic acids is 4. The summed E-state index contributed by atoms with van der Waals surface area (Å²) in [6, 6.07) is 13.7. The molecule has 2 aromatic rings. The van der Waals surface area contributed by atoms with Crippen LogP contribution in [0.5, 0.6) is 5.75 Å². The standard InChI is InChI=1S/C25H29N5O5/c1-35-19-10-5-9-18(15-19)27-25(34)29-13-14-30(24(33)17-7-3-2-4-8-17)21(16-29)23(32)28-20-11-6-12-26-22(20)31/h2-5,7-10,15,20-21H,6,11-14,16H2,1H3,(H,26,31)(H,27,34)(H,28,32)/t20-,21+/m1/s1. The zero-order chi connectivity index (χ0) is 24.8. The molecule has 10 heteroatoms. The first-order chi connectivity index (χ1) is 17.0. The van der Waals surface area contributed by atoms with Crippen LogP contribution in [0.1, 0.15) is 23.2 Å². The van der Waals surface area contributed by atoms with Gasteiger partial charge in [0, 0.05) is 37.0 Å². The number of hydrogen-bond acceptors (Lipinski definition) is 5. The van der Waals surface area contributed by atoms with Gasteiger partial charge in [0.1, 0.15) is 17.8 Å². The molecular formula is C25H29N5O5. The first-order valence-electron chi connectivity index (χ1n) is 11.6. The summed E-state index contributed by atoms with van der Waals surface area (Å²) in [6.45, 7) is 0.996. The van der Waals surface area contributed by atoms with Crippen LogP contribution in [0.2, 0.25) is 0 Å². The number of benzene rings is 2. The normalized spacial score (nSPS) is 20.0. The van der Waals surface area contributed by atoms with Gasteiger partial charge in [0.05, 0.1) is 13.7 Å². The quantitative estimate of drug-likeness (QED) is 0.600. The van der Waals surface area contributed by atoms with E-state index < -0.39 is 24.0 Å². The van der Waals surface area contributed by atoms with Crippen molar-refractivity contribution < 1.29 is 23.9 Å². The number of nitrogens with zero attached hydrogens (tertiary/aromatic N) is 2. The number of hydrogen-bond donors (Lipinski definition) is 3. The number of methoxy groups -OCH3 is 1. The van der Waals surface area contributed by atoms with Gasteiger partial charge in [-0.2, -0.15) is 0 Å². The van der Waals surface area contributed by atoms with Gasteiger partial charge in [-0.05, 0) is 37.1 Å². The maximum atomic E-state index is 13.3. The molecule has 184 valence electrons. The van der Waals surface area contributed by atoms with Gasteiger partial charge in [0.25, 0.3) is 5.91 Å². The molecule has 35 heavy (non-hydrogen) atoms. The maximum absolute atomic E-state index is 13.3. The Morgan fingerprint density at radius 2 is 1.86 bits per heavy atom. The van der Waals surface area contributed by atoms with E-state index in [0.29, 0.717) is 30.0 Å². The van der Waals surface area contributed by atoms with Gasteiger partial charge in [0.2, 0.25) is 11.8 Å². The van der Waals surface area contributed by atoms with Gasteiger partial charge < -0.3 is 30.5 Å². The third kappa shape index (κ3) is 5.71. The molecule has 2 atom stereocenters. The molecule has 0 bridgehead atoms. The molecule has 0 spiro atoms. The Balaban J connectivity index is 1.51. The molecule has 0 aliphatic carbocycles. The average Bonchev–Trinajstić information content (AvgIpc) is 2.89. The molecule has 2 aliphatic heterocycles. The van der Waals surface area contributed by atoms with Crippen molar-refractivity contribution in [3.8, 4) is 5.75 Å². The van der Waals surface area contributed by atoms with E-state index in [1.807, 2.05) is 6.07 Å². The van der Waals surface area contributed by atoms with Crippen LogP contribution in [0.25, 0.3) is 0 Å². The Morgan fingerprint density at radius 1 is 1.06 bits per heavy atom. The summed E-state index contributed by atoms with van der Waals surface area (Å²) in [5.74, 6) is -0.403. The molecule has 10 nitrogen and oxygen atoms in total. The predicted octanol–water partition coefficient (Wildman–Crippen LogP) is 1.45. The number of urea groups is 1. The van der Waals surface area contributed by atoms with E-state index in [1.54, 1.807) is 55.6 Å². The van der Waals surface area contributed by atoms with Crippen LogP contribution >= 0.6 is 0 Å². The predicted molar refractivity (Wildman–Crippen MR) is 129 cm³/mol. The third-order valence-electron chi connectivity index (χ3n) is 6.17. The first-order valence-corrected chi connectivity index (χ1v) is 11.6. The minimum Gasteiger partial charge on any atom is -0.497 e. The van der Waals surface area contributed by atoms with Crippen molar-refractivity contribution >= 4 is 29.4 Å². The third-order valence-corrected chi connectivity index (χ3v) is 6.17. The number of carbonyl (C=O) groups is 4. The summed E-state index contributed by atoms with van der Waals surface area (Å²) in [5.41, 5.74) is 1.01. The number of piperazine rings is 1. The fourth-order valence-electron chi connectivity index (χ4n) is 4.26. The van der Waals surface area contributed by atoms with Gasteiger partial charge in [-0.1, -0.05) is 24.3 Å². The molecule has 0 aromatic heterocycles. The molecule has 2 aliphatic rings. The van der Waals surface area contributed by atoms with Crippen LogP contribution in [0, 0.1) is 0 Å². The lowest BCUT2D eigenvalue weighted by Crippen LogP contribution is -2.64. The average molecular weight is 480 g/mol. The molecule has 2 aromatic carbocycles. The van der Waals surface area contributed by atoms with Crippen molar-refractivity contribution in [3.05, 3.63) is 60.2 Å². The highest BCUT2D eigenvalue weighted by Gasteiger charge is 2.39. The van der Waals surface area contributed by atoms with Crippen LogP contribution in [-0.2, 0) is 9.59 Å². The van der Waals surface area contributed by atoms with Crippen molar-refractivity contribution in [1.82, 2.24) is 20.4 Å². The van der Waals surface area contributed by atoms with E-state index in [0.717, 1.165) is 6.42 Å². The van der Waals surface area contributed by atoms with Crippen molar-refractivity contribution in [2.45, 2.75) is 24.9 Å². The zero-order valence-electron chi connectivity index (χ0n) is 19.5. The van der Waals surface area contributed by atoms with Crippen molar-refractivity contribution in [2.75, 3.05) is 38.6 Å². The van der Waals surface area contributed by atoms with Crippen molar-refractivity contribution in [2.24, 2.45) is 0 Å². The Hall–Kier alpha value is -4.08. The lowest BCUT2D eigenvalue weighted by molar-refractivity contribution is -0.133. The molecule has 4 rings (SSSR count). The summed E-state index contributed by atoms with van der Waals surface area (Å²) in [5, 5.41) is 8.34. The molecule has 0 radical (unpaired) electrons. The van der Waals surface area contributed by atoms with Crippen LogP contribution in [0.4, 0.5) is 10.5 Å². The second-order valence-corrected chi connectivity index (χ2v) is 8.48. The molecule has 0 unspecified atom stereocenters. The molecule has 2 fully saturated rings. The Kier molecular flexibility index (Phi) is 7.49. The number of rotatable bonds is 5. The second kappa shape index (κ2) is 10.9. The highest BCUT2D eigenvalue weighted by atomic mass is 16.5. The fraction of sp³-hybridized carbons (Fsp3) is 0.360. The largest absolute Gasteiger partial charge is 0.497 e. The van der Waals surface area contributed by atoms with Gasteiger partial charge in [-0.3, -0.25) is 14.4 Å². The van der Waals surface area contributed by atoms with E-state index in [2.05, 4.69) is 16.0 Å². The maximum Gasteiger partial charge on any atom is 0.321 e. The Morgan fingerprint density at radius 3 is 2.60 bits per heavy atom. The number of ether oxygens (including phenoxy) is 1. The minimum atomic E-state index is -0.942. The molecule has 3 N–H and O–H groups in total. The Bertz CT molecular complexity index is 1090. The van der Waals surface area contributed by atoms with E-state index in [4.69, 9.17) is 4.74 Å². The number of nitrogens with one attached hydrogen (secondary N) is 3. The highest BCUT2D eigenvalue weighted by Crippen LogP contribution is 2.20. The molecular weight excluding hydrogens is 450 g/mol. The lowest BCUT2D eigenvalue weighted by atomic mass is 10.0. The lowest BCUT2D eigenvalue weighted by Gasteiger charge is -2.41. The molecule has 0 saturated carbocycles. The van der Waals surface area contributed by atoms with E-state index in [1.165, 1.54) is 9.80 Å². The summed E-state index contributed by atoms with van der Waals surface area (Å²) in [6.07, 6.45) is 1.28. The van der Waals surface area contributed by atoms with Gasteiger partial charge in [-0.15, -0.1) is 0 Å². The van der Waals surface area contributed by atoms with Crippen LogP contribution in [0.3, 0.4) is 0 Å². The van der Waals surface area contributed by atoms with Crippen LogP contribution in [0.15, 0.2) is 54.6 Å². The minimum absolute atomic E-state index is 0.00541. The van der Waals surface area contributed by atoms with Crippen molar-refractivity contribution in [3.63, 3.8) is 0 Å². The monoisotopic (exact) mass is 479 g/mol. The Labute approximate surface area is 203 Å². The zero-order valence-corrected chi connectivity index (χ0v) is 19.5. The summed E-state index contributed by atoms with van der Waals surface area (Å²) >= 11 is 0. The fourth-order valence-corrected chi connectivity index (χ4v) is 4.26. The van der Waals surface area contributed by atoms with Crippen LogP contribution in [-0.4, -0.2) is 78.9 Å². The number of piperidine rings is 1. The smallest absolute Gasteiger partial charge is 0.321 e. The van der Waals surface area contributed by atoms with Crippen LogP contribution < -0.4 is 20.7 Å². The van der Waals surface area contributed by atoms with Gasteiger partial charge >= 0.3 is 6.03 Å². The van der Waals surface area contributed by atoms with Crippen molar-refractivity contribution in [1.29, 1.82) is 0 Å². The molecule has 2 heterocycles. The van der Waals surface area contributed by atoms with E-state index in [9.17, 15) is 19.2 Å². The number of anilines is 1. The summed E-state index contributed by atoms with van der Waals surface area (Å²) in [7, 11) is 1.54. The van der Waals surface area contributed by atoms with E-state index >= 15 is 0 Å². The first kappa shape index (κ1) is 24.1. The second-order valence-electron chi connectivity index (χ2n) is 8.48.